The average molecular weight is 186 g/mol. The van der Waals surface area contributed by atoms with Gasteiger partial charge in [0.05, 0.1) is 6.67 Å². The monoisotopic (exact) mass is 185 g/mol. The summed E-state index contributed by atoms with van der Waals surface area (Å²) in [5, 5.41) is 0.676. The second kappa shape index (κ2) is 3.90. The van der Waals surface area contributed by atoms with Crippen molar-refractivity contribution in [2.45, 2.75) is 12.8 Å². The molecule has 12 heavy (non-hydrogen) atoms. The third-order valence-corrected chi connectivity index (χ3v) is 2.26. The van der Waals surface area contributed by atoms with Crippen molar-refractivity contribution in [2.24, 2.45) is 0 Å². The Kier molecular flexibility index (Phi) is 3.10. The number of benzene rings is 1. The van der Waals surface area contributed by atoms with Crippen molar-refractivity contribution in [2.75, 3.05) is 6.67 Å². The van der Waals surface area contributed by atoms with Crippen LogP contribution in [-0.2, 0) is 0 Å². The van der Waals surface area contributed by atoms with E-state index < -0.39 is 6.67 Å². The smallest absolute Gasteiger partial charge is 0.0962 e. The summed E-state index contributed by atoms with van der Waals surface area (Å²) < 4.78 is 12.2. The first kappa shape index (κ1) is 9.53. The van der Waals surface area contributed by atoms with Crippen LogP contribution in [0, 0.1) is 13.8 Å². The minimum Gasteiger partial charge on any atom is -0.250 e. The Morgan fingerprint density at radius 3 is 2.75 bits per heavy atom. The Morgan fingerprint density at radius 2 is 2.25 bits per heavy atom. The molecule has 1 aromatic rings. The fourth-order valence-corrected chi connectivity index (χ4v) is 1.14. The van der Waals surface area contributed by atoms with Crippen molar-refractivity contribution in [1.29, 1.82) is 0 Å². The van der Waals surface area contributed by atoms with Crippen LogP contribution in [0.1, 0.15) is 17.0 Å². The maximum absolute atomic E-state index is 12.2. The first-order valence-corrected chi connectivity index (χ1v) is 4.18. The van der Waals surface area contributed by atoms with Gasteiger partial charge in [-0.15, -0.1) is 0 Å². The molecule has 0 aliphatic carbocycles. The molecule has 65 valence electrons. The van der Waals surface area contributed by atoms with E-state index in [-0.39, 0.29) is 5.92 Å². The highest BCUT2D eigenvalue weighted by Gasteiger charge is 2.05. The SMILES string of the molecule is [CH2]C(CF)c1ccc(C)c(Cl)c1. The van der Waals surface area contributed by atoms with Crippen LogP contribution >= 0.6 is 11.6 Å². The lowest BCUT2D eigenvalue weighted by atomic mass is 10.0. The van der Waals surface area contributed by atoms with Gasteiger partial charge in [0.25, 0.3) is 0 Å². The van der Waals surface area contributed by atoms with Gasteiger partial charge in [0.2, 0.25) is 0 Å². The Hall–Kier alpha value is -0.560. The third kappa shape index (κ3) is 1.98. The molecule has 0 aliphatic heterocycles. The normalized spacial score (nSPS) is 13.0. The highest BCUT2D eigenvalue weighted by molar-refractivity contribution is 6.31. The number of halogens is 2. The van der Waals surface area contributed by atoms with Crippen molar-refractivity contribution in [1.82, 2.24) is 0 Å². The molecule has 1 atom stereocenters. The summed E-state index contributed by atoms with van der Waals surface area (Å²) in [6, 6.07) is 5.51. The van der Waals surface area contributed by atoms with E-state index in [1.807, 2.05) is 19.1 Å². The quantitative estimate of drug-likeness (QED) is 0.661. The number of hydrogen-bond acceptors (Lipinski definition) is 0. The summed E-state index contributed by atoms with van der Waals surface area (Å²) in [5.74, 6) is -0.303. The van der Waals surface area contributed by atoms with Gasteiger partial charge in [0, 0.05) is 10.9 Å². The first-order chi connectivity index (χ1) is 5.65. The fourth-order valence-electron chi connectivity index (χ4n) is 0.952. The molecule has 1 unspecified atom stereocenters. The Labute approximate surface area is 77.4 Å². The van der Waals surface area contributed by atoms with Gasteiger partial charge in [-0.3, -0.25) is 4.39 Å². The molecular formula is C10H11ClF. The number of alkyl halides is 1. The third-order valence-electron chi connectivity index (χ3n) is 1.85. The average Bonchev–Trinajstić information content (AvgIpc) is 2.08. The molecule has 0 bridgehead atoms. The van der Waals surface area contributed by atoms with E-state index in [9.17, 15) is 4.39 Å². The van der Waals surface area contributed by atoms with Gasteiger partial charge in [-0.05, 0) is 31.0 Å². The molecule has 0 nitrogen and oxygen atoms in total. The van der Waals surface area contributed by atoms with Gasteiger partial charge >= 0.3 is 0 Å². The molecule has 0 amide bonds. The molecule has 1 aromatic carbocycles. The largest absolute Gasteiger partial charge is 0.250 e. The predicted molar refractivity (Wildman–Crippen MR) is 50.3 cm³/mol. The van der Waals surface area contributed by atoms with Crippen LogP contribution in [0.2, 0.25) is 5.02 Å². The molecular weight excluding hydrogens is 175 g/mol. The molecule has 1 radical (unpaired) electrons. The van der Waals surface area contributed by atoms with Crippen LogP contribution < -0.4 is 0 Å². The van der Waals surface area contributed by atoms with E-state index in [0.717, 1.165) is 11.1 Å². The highest BCUT2D eigenvalue weighted by Crippen LogP contribution is 2.22. The summed E-state index contributed by atoms with van der Waals surface area (Å²) in [6.45, 7) is 5.14. The van der Waals surface area contributed by atoms with Crippen molar-refractivity contribution in [3.63, 3.8) is 0 Å². The minimum absolute atomic E-state index is 0.303. The predicted octanol–water partition coefficient (Wildman–Crippen LogP) is 3.54. The highest BCUT2D eigenvalue weighted by atomic mass is 35.5. The van der Waals surface area contributed by atoms with Crippen LogP contribution in [0.15, 0.2) is 18.2 Å². The second-order valence-electron chi connectivity index (χ2n) is 2.86. The molecule has 0 spiro atoms. The Morgan fingerprint density at radius 1 is 1.58 bits per heavy atom. The molecule has 0 saturated heterocycles. The van der Waals surface area contributed by atoms with Crippen molar-refractivity contribution >= 4 is 11.6 Å². The molecule has 0 aromatic heterocycles. The van der Waals surface area contributed by atoms with Gasteiger partial charge in [0.15, 0.2) is 0 Å². The van der Waals surface area contributed by atoms with E-state index in [4.69, 9.17) is 11.6 Å². The summed E-state index contributed by atoms with van der Waals surface area (Å²) in [4.78, 5) is 0. The van der Waals surface area contributed by atoms with Crippen molar-refractivity contribution < 1.29 is 4.39 Å². The van der Waals surface area contributed by atoms with Crippen molar-refractivity contribution in [3.05, 3.63) is 41.3 Å². The van der Waals surface area contributed by atoms with Crippen molar-refractivity contribution in [3.8, 4) is 0 Å². The fraction of sp³-hybridized carbons (Fsp3) is 0.300. The number of rotatable bonds is 2. The van der Waals surface area contributed by atoms with E-state index in [1.165, 1.54) is 0 Å². The summed E-state index contributed by atoms with van der Waals surface area (Å²) in [6.07, 6.45) is 0. The zero-order valence-corrected chi connectivity index (χ0v) is 7.74. The van der Waals surface area contributed by atoms with E-state index >= 15 is 0 Å². The Bertz CT molecular complexity index is 271. The zero-order chi connectivity index (χ0) is 9.14. The van der Waals surface area contributed by atoms with E-state index in [1.54, 1.807) is 6.07 Å². The van der Waals surface area contributed by atoms with Gasteiger partial charge in [-0.2, -0.15) is 0 Å². The van der Waals surface area contributed by atoms with Crippen LogP contribution in [-0.4, -0.2) is 6.67 Å². The van der Waals surface area contributed by atoms with Crippen LogP contribution in [0.5, 0.6) is 0 Å². The van der Waals surface area contributed by atoms with Gasteiger partial charge in [-0.25, -0.2) is 0 Å². The molecule has 2 heteroatoms. The molecule has 0 heterocycles. The second-order valence-corrected chi connectivity index (χ2v) is 3.27. The summed E-state index contributed by atoms with van der Waals surface area (Å²) >= 11 is 5.86. The summed E-state index contributed by atoms with van der Waals surface area (Å²) in [7, 11) is 0. The standard InChI is InChI=1S/C10H11ClF/c1-7-3-4-9(5-10(7)11)8(2)6-12/h3-5,8H,2,6H2,1H3. The lowest BCUT2D eigenvalue weighted by molar-refractivity contribution is 0.465. The minimum atomic E-state index is -0.445. The lowest BCUT2D eigenvalue weighted by Gasteiger charge is -2.07. The molecule has 1 rings (SSSR count). The number of aryl methyl sites for hydroxylation is 1. The van der Waals surface area contributed by atoms with Gasteiger partial charge in [-0.1, -0.05) is 23.7 Å². The van der Waals surface area contributed by atoms with E-state index in [2.05, 4.69) is 6.92 Å². The van der Waals surface area contributed by atoms with E-state index in [0.29, 0.717) is 5.02 Å². The maximum Gasteiger partial charge on any atom is 0.0962 e. The number of hydrogen-bond donors (Lipinski definition) is 0. The molecule has 0 fully saturated rings. The Balaban J connectivity index is 2.96. The van der Waals surface area contributed by atoms with Crippen LogP contribution in [0.4, 0.5) is 4.39 Å². The van der Waals surface area contributed by atoms with Gasteiger partial charge in [0.1, 0.15) is 0 Å². The topological polar surface area (TPSA) is 0 Å². The van der Waals surface area contributed by atoms with Crippen LogP contribution in [0.3, 0.4) is 0 Å². The van der Waals surface area contributed by atoms with Crippen LogP contribution in [0.25, 0.3) is 0 Å². The lowest BCUT2D eigenvalue weighted by Crippen LogP contribution is -1.95. The molecule has 0 N–H and O–H groups in total. The summed E-state index contributed by atoms with van der Waals surface area (Å²) in [5.41, 5.74) is 1.86. The molecule has 0 saturated carbocycles. The first-order valence-electron chi connectivity index (χ1n) is 3.80. The zero-order valence-electron chi connectivity index (χ0n) is 6.98. The molecule has 0 aliphatic rings. The maximum atomic E-state index is 12.2. The van der Waals surface area contributed by atoms with Gasteiger partial charge < -0.3 is 0 Å².